The van der Waals surface area contributed by atoms with Gasteiger partial charge in [-0.3, -0.25) is 0 Å². The molecule has 1 aromatic carbocycles. The summed E-state index contributed by atoms with van der Waals surface area (Å²) in [5, 5.41) is 4.46. The number of aryl methyl sites for hydroxylation is 2. The molecular formula is C16H24N2O2S. The van der Waals surface area contributed by atoms with E-state index in [1.807, 2.05) is 13.1 Å². The molecule has 1 N–H and O–H groups in total. The van der Waals surface area contributed by atoms with Crippen LogP contribution in [0.5, 0.6) is 0 Å². The number of hydrogen-bond acceptors (Lipinski definition) is 3. The summed E-state index contributed by atoms with van der Waals surface area (Å²) in [6.07, 6.45) is 6.29. The molecule has 1 heterocycles. The summed E-state index contributed by atoms with van der Waals surface area (Å²) in [7, 11) is -0.913. The Bertz CT molecular complexity index is 689. The normalized spacial score (nSPS) is 12.1. The van der Waals surface area contributed by atoms with Gasteiger partial charge in [0.15, 0.2) is 0 Å². The lowest BCUT2D eigenvalue weighted by Crippen LogP contribution is -2.08. The van der Waals surface area contributed by atoms with Crippen molar-refractivity contribution in [2.24, 2.45) is 0 Å². The van der Waals surface area contributed by atoms with Gasteiger partial charge in [0.1, 0.15) is 9.84 Å². The summed E-state index contributed by atoms with van der Waals surface area (Å²) in [5.74, 6) is 0.245. The Morgan fingerprint density at radius 1 is 1.19 bits per heavy atom. The average Bonchev–Trinajstić information content (AvgIpc) is 2.77. The maximum Gasteiger partial charge on any atom is 0.147 e. The van der Waals surface area contributed by atoms with Gasteiger partial charge < -0.3 is 9.88 Å². The van der Waals surface area contributed by atoms with Crippen LogP contribution in [0.4, 0.5) is 0 Å². The van der Waals surface area contributed by atoms with Gasteiger partial charge in [0.05, 0.1) is 5.75 Å². The van der Waals surface area contributed by atoms with E-state index in [0.29, 0.717) is 6.42 Å². The predicted molar refractivity (Wildman–Crippen MR) is 88.5 cm³/mol. The molecule has 0 unspecified atom stereocenters. The first-order valence-corrected chi connectivity index (χ1v) is 9.46. The van der Waals surface area contributed by atoms with Crippen molar-refractivity contribution in [2.75, 3.05) is 25.6 Å². The smallest absolute Gasteiger partial charge is 0.147 e. The SMILES string of the molecule is CNCCCc1cn(CCCS(C)(=O)=O)c2ccccc12. The molecular weight excluding hydrogens is 284 g/mol. The van der Waals surface area contributed by atoms with Crippen LogP contribution in [0.1, 0.15) is 18.4 Å². The van der Waals surface area contributed by atoms with E-state index in [2.05, 4.69) is 34.3 Å². The van der Waals surface area contributed by atoms with E-state index >= 15 is 0 Å². The van der Waals surface area contributed by atoms with Crippen molar-refractivity contribution in [3.05, 3.63) is 36.0 Å². The zero-order valence-corrected chi connectivity index (χ0v) is 13.6. The molecule has 0 saturated heterocycles. The van der Waals surface area contributed by atoms with Crippen molar-refractivity contribution < 1.29 is 8.42 Å². The highest BCUT2D eigenvalue weighted by atomic mass is 32.2. The lowest BCUT2D eigenvalue weighted by molar-refractivity contribution is 0.593. The third-order valence-corrected chi connectivity index (χ3v) is 4.69. The van der Waals surface area contributed by atoms with Crippen LogP contribution in [0.3, 0.4) is 0 Å². The lowest BCUT2D eigenvalue weighted by Gasteiger charge is -2.04. The third kappa shape index (κ3) is 4.58. The van der Waals surface area contributed by atoms with Crippen molar-refractivity contribution in [2.45, 2.75) is 25.8 Å². The highest BCUT2D eigenvalue weighted by Crippen LogP contribution is 2.22. The average molecular weight is 308 g/mol. The van der Waals surface area contributed by atoms with Crippen LogP contribution >= 0.6 is 0 Å². The molecule has 0 aliphatic rings. The van der Waals surface area contributed by atoms with Crippen LogP contribution in [-0.4, -0.2) is 38.6 Å². The Morgan fingerprint density at radius 3 is 2.67 bits per heavy atom. The molecule has 0 saturated carbocycles. The molecule has 116 valence electrons. The first-order chi connectivity index (χ1) is 10.0. The van der Waals surface area contributed by atoms with Crippen LogP contribution in [0.25, 0.3) is 10.9 Å². The van der Waals surface area contributed by atoms with Crippen molar-refractivity contribution in [3.8, 4) is 0 Å². The zero-order valence-electron chi connectivity index (χ0n) is 12.8. The zero-order chi connectivity index (χ0) is 15.3. The van der Waals surface area contributed by atoms with Crippen LogP contribution in [0, 0.1) is 0 Å². The number of rotatable bonds is 8. The van der Waals surface area contributed by atoms with E-state index in [1.54, 1.807) is 0 Å². The summed E-state index contributed by atoms with van der Waals surface area (Å²) >= 11 is 0. The molecule has 0 radical (unpaired) electrons. The van der Waals surface area contributed by atoms with Crippen molar-refractivity contribution in [1.82, 2.24) is 9.88 Å². The molecule has 1 aromatic heterocycles. The highest BCUT2D eigenvalue weighted by molar-refractivity contribution is 7.90. The molecule has 0 aliphatic carbocycles. The topological polar surface area (TPSA) is 51.1 Å². The number of fused-ring (bicyclic) bond motifs is 1. The number of para-hydroxylation sites is 1. The second-order valence-electron chi connectivity index (χ2n) is 5.56. The largest absolute Gasteiger partial charge is 0.347 e. The third-order valence-electron chi connectivity index (χ3n) is 3.66. The number of hydrogen-bond donors (Lipinski definition) is 1. The monoisotopic (exact) mass is 308 g/mol. The van der Waals surface area contributed by atoms with Gasteiger partial charge in [0, 0.05) is 29.9 Å². The number of nitrogens with zero attached hydrogens (tertiary/aromatic N) is 1. The molecule has 5 heteroatoms. The van der Waals surface area contributed by atoms with E-state index in [-0.39, 0.29) is 5.75 Å². The second kappa shape index (κ2) is 7.09. The highest BCUT2D eigenvalue weighted by Gasteiger charge is 2.09. The molecule has 2 aromatic rings. The molecule has 0 aliphatic heterocycles. The molecule has 0 bridgehead atoms. The first-order valence-electron chi connectivity index (χ1n) is 7.40. The van der Waals surface area contributed by atoms with E-state index in [4.69, 9.17) is 0 Å². The van der Waals surface area contributed by atoms with E-state index in [9.17, 15) is 8.42 Å². The van der Waals surface area contributed by atoms with Crippen LogP contribution in [0.15, 0.2) is 30.5 Å². The lowest BCUT2D eigenvalue weighted by atomic mass is 10.1. The van der Waals surface area contributed by atoms with Crippen LogP contribution < -0.4 is 5.32 Å². The van der Waals surface area contributed by atoms with Gasteiger partial charge in [0.2, 0.25) is 0 Å². The summed E-state index contributed by atoms with van der Waals surface area (Å²) < 4.78 is 24.7. The fourth-order valence-electron chi connectivity index (χ4n) is 2.66. The maximum atomic E-state index is 11.2. The van der Waals surface area contributed by atoms with Gasteiger partial charge >= 0.3 is 0 Å². The quantitative estimate of drug-likeness (QED) is 0.761. The van der Waals surface area contributed by atoms with E-state index in [1.165, 1.54) is 22.7 Å². The molecule has 2 rings (SSSR count). The van der Waals surface area contributed by atoms with Crippen molar-refractivity contribution in [1.29, 1.82) is 0 Å². The molecule has 21 heavy (non-hydrogen) atoms. The van der Waals surface area contributed by atoms with Crippen LogP contribution in [-0.2, 0) is 22.8 Å². The summed E-state index contributed by atoms with van der Waals surface area (Å²) in [5.41, 5.74) is 2.55. The molecule has 4 nitrogen and oxygen atoms in total. The summed E-state index contributed by atoms with van der Waals surface area (Å²) in [6.45, 7) is 1.76. The van der Waals surface area contributed by atoms with Gasteiger partial charge in [-0.25, -0.2) is 8.42 Å². The number of aromatic nitrogens is 1. The molecule has 0 fully saturated rings. The van der Waals surface area contributed by atoms with Crippen molar-refractivity contribution in [3.63, 3.8) is 0 Å². The summed E-state index contributed by atoms with van der Waals surface area (Å²) in [4.78, 5) is 0. The molecule has 0 spiro atoms. The first kappa shape index (κ1) is 16.0. The van der Waals surface area contributed by atoms with Gasteiger partial charge in [-0.2, -0.15) is 0 Å². The fraction of sp³-hybridized carbons (Fsp3) is 0.500. The Hall–Kier alpha value is -1.33. The van der Waals surface area contributed by atoms with Crippen LogP contribution in [0.2, 0.25) is 0 Å². The molecule has 0 atom stereocenters. The standard InChI is InChI=1S/C16H24N2O2S/c1-17-10-5-7-14-13-18(11-6-12-21(2,19)20)16-9-4-3-8-15(14)16/h3-4,8-9,13,17H,5-7,10-12H2,1-2H3. The van der Waals surface area contributed by atoms with Crippen molar-refractivity contribution >= 4 is 20.7 Å². The second-order valence-corrected chi connectivity index (χ2v) is 7.82. The van der Waals surface area contributed by atoms with Gasteiger partial charge in [-0.15, -0.1) is 0 Å². The van der Waals surface area contributed by atoms with Gasteiger partial charge in [0.25, 0.3) is 0 Å². The summed E-state index contributed by atoms with van der Waals surface area (Å²) in [6, 6.07) is 8.35. The maximum absolute atomic E-state index is 11.2. The van der Waals surface area contributed by atoms with E-state index < -0.39 is 9.84 Å². The minimum atomic E-state index is -2.88. The number of benzene rings is 1. The predicted octanol–water partition coefficient (Wildman–Crippen LogP) is 2.23. The van der Waals surface area contributed by atoms with E-state index in [0.717, 1.165) is 25.9 Å². The van der Waals surface area contributed by atoms with Gasteiger partial charge in [-0.1, -0.05) is 18.2 Å². The Balaban J connectivity index is 2.15. The Morgan fingerprint density at radius 2 is 1.95 bits per heavy atom. The van der Waals surface area contributed by atoms with Gasteiger partial charge in [-0.05, 0) is 44.5 Å². The minimum Gasteiger partial charge on any atom is -0.347 e. The Kier molecular flexibility index (Phi) is 5.42. The number of nitrogens with one attached hydrogen (secondary N) is 1. The minimum absolute atomic E-state index is 0.245. The Labute approximate surface area is 127 Å². The fourth-order valence-corrected chi connectivity index (χ4v) is 3.31. The molecule has 0 amide bonds. The number of sulfone groups is 1.